The van der Waals surface area contributed by atoms with Crippen LogP contribution in [0.15, 0.2) is 24.5 Å². The van der Waals surface area contributed by atoms with Crippen LogP contribution in [0.1, 0.15) is 41.4 Å². The summed E-state index contributed by atoms with van der Waals surface area (Å²) in [5.74, 6) is -0.327. The average Bonchev–Trinajstić information content (AvgIpc) is 2.89. The van der Waals surface area contributed by atoms with E-state index in [0.29, 0.717) is 11.6 Å². The van der Waals surface area contributed by atoms with Crippen LogP contribution in [0.4, 0.5) is 0 Å². The van der Waals surface area contributed by atoms with E-state index >= 15 is 0 Å². The van der Waals surface area contributed by atoms with Gasteiger partial charge < -0.3 is 9.14 Å². The van der Waals surface area contributed by atoms with Crippen LogP contribution in [-0.4, -0.2) is 41.0 Å². The number of imidazole rings is 1. The van der Waals surface area contributed by atoms with Crippen molar-refractivity contribution >= 4 is 11.6 Å². The van der Waals surface area contributed by atoms with Crippen molar-refractivity contribution in [1.29, 1.82) is 0 Å². The molecule has 2 aromatic rings. The molecule has 0 N–H and O–H groups in total. The quantitative estimate of drug-likeness (QED) is 0.788. The van der Waals surface area contributed by atoms with E-state index in [2.05, 4.69) is 23.1 Å². The number of carbonyl (C=O) groups excluding carboxylic acids is 1. The first-order valence-corrected chi connectivity index (χ1v) is 6.96. The number of esters is 1. The molecule has 0 bridgehead atoms. The van der Waals surface area contributed by atoms with E-state index in [1.807, 2.05) is 10.6 Å². The third kappa shape index (κ3) is 2.29. The Morgan fingerprint density at radius 2 is 2.30 bits per heavy atom. The lowest BCUT2D eigenvalue weighted by atomic mass is 10.0. The molecule has 1 saturated heterocycles. The molecule has 20 heavy (non-hydrogen) atoms. The number of piperidine rings is 1. The van der Waals surface area contributed by atoms with Gasteiger partial charge in [0.15, 0.2) is 0 Å². The smallest absolute Gasteiger partial charge is 0.338 e. The van der Waals surface area contributed by atoms with Crippen LogP contribution in [0.3, 0.4) is 0 Å². The Hall–Kier alpha value is -1.88. The van der Waals surface area contributed by atoms with Gasteiger partial charge in [-0.25, -0.2) is 9.78 Å². The number of hydrogen-bond donors (Lipinski definition) is 0. The molecule has 1 unspecified atom stereocenters. The lowest BCUT2D eigenvalue weighted by Gasteiger charge is -2.31. The van der Waals surface area contributed by atoms with Gasteiger partial charge in [0.25, 0.3) is 0 Å². The van der Waals surface area contributed by atoms with Crippen molar-refractivity contribution in [2.24, 2.45) is 0 Å². The van der Waals surface area contributed by atoms with Crippen LogP contribution in [-0.2, 0) is 4.74 Å². The Morgan fingerprint density at radius 1 is 1.45 bits per heavy atom. The lowest BCUT2D eigenvalue weighted by Crippen LogP contribution is -2.29. The first kappa shape index (κ1) is 13.1. The second-order valence-electron chi connectivity index (χ2n) is 5.33. The molecule has 3 rings (SSSR count). The van der Waals surface area contributed by atoms with Crippen LogP contribution in [0.25, 0.3) is 5.65 Å². The van der Waals surface area contributed by atoms with Crippen molar-refractivity contribution in [3.63, 3.8) is 0 Å². The summed E-state index contributed by atoms with van der Waals surface area (Å²) >= 11 is 0. The molecule has 0 aromatic carbocycles. The average molecular weight is 273 g/mol. The topological polar surface area (TPSA) is 46.8 Å². The summed E-state index contributed by atoms with van der Waals surface area (Å²) in [4.78, 5) is 18.6. The van der Waals surface area contributed by atoms with E-state index in [1.54, 1.807) is 12.1 Å². The Labute approximate surface area is 118 Å². The Kier molecular flexibility index (Phi) is 3.44. The third-order valence-corrected chi connectivity index (χ3v) is 4.01. The first-order chi connectivity index (χ1) is 9.69. The second kappa shape index (κ2) is 5.25. The Bertz CT molecular complexity index is 635. The van der Waals surface area contributed by atoms with Crippen LogP contribution >= 0.6 is 0 Å². The monoisotopic (exact) mass is 273 g/mol. The zero-order chi connectivity index (χ0) is 14.1. The molecule has 2 aromatic heterocycles. The van der Waals surface area contributed by atoms with E-state index in [1.165, 1.54) is 20.0 Å². The van der Waals surface area contributed by atoms with Crippen molar-refractivity contribution in [3.8, 4) is 0 Å². The fraction of sp³-hybridized carbons (Fsp3) is 0.467. The van der Waals surface area contributed by atoms with E-state index in [4.69, 9.17) is 4.74 Å². The molecular weight excluding hydrogens is 254 g/mol. The second-order valence-corrected chi connectivity index (χ2v) is 5.33. The number of pyridine rings is 1. The number of hydrogen-bond acceptors (Lipinski definition) is 4. The summed E-state index contributed by atoms with van der Waals surface area (Å²) in [7, 11) is 3.54. The Balaban J connectivity index is 1.95. The maximum Gasteiger partial charge on any atom is 0.338 e. The largest absolute Gasteiger partial charge is 0.465 e. The molecule has 5 heteroatoms. The molecule has 1 fully saturated rings. The molecule has 106 valence electrons. The van der Waals surface area contributed by atoms with Gasteiger partial charge >= 0.3 is 5.97 Å². The van der Waals surface area contributed by atoms with Gasteiger partial charge in [0.2, 0.25) is 0 Å². The molecule has 0 aliphatic carbocycles. The zero-order valence-electron chi connectivity index (χ0n) is 11.9. The summed E-state index contributed by atoms with van der Waals surface area (Å²) in [5, 5.41) is 0. The Morgan fingerprint density at radius 3 is 3.05 bits per heavy atom. The maximum absolute atomic E-state index is 11.6. The van der Waals surface area contributed by atoms with Gasteiger partial charge in [-0.05, 0) is 38.6 Å². The predicted octanol–water partition coefficient (Wildman–Crippen LogP) is 2.28. The summed E-state index contributed by atoms with van der Waals surface area (Å²) in [5.41, 5.74) is 2.41. The van der Waals surface area contributed by atoms with E-state index in [9.17, 15) is 4.79 Å². The number of fused-ring (bicyclic) bond motifs is 1. The molecule has 0 saturated carbocycles. The fourth-order valence-corrected chi connectivity index (χ4v) is 2.86. The number of methoxy groups -OCH3 is 1. The van der Waals surface area contributed by atoms with Gasteiger partial charge in [-0.1, -0.05) is 6.42 Å². The lowest BCUT2D eigenvalue weighted by molar-refractivity contribution is 0.0600. The van der Waals surface area contributed by atoms with Crippen molar-refractivity contribution in [2.45, 2.75) is 25.3 Å². The van der Waals surface area contributed by atoms with Gasteiger partial charge in [0.1, 0.15) is 5.65 Å². The van der Waals surface area contributed by atoms with E-state index in [-0.39, 0.29) is 5.97 Å². The third-order valence-electron chi connectivity index (χ3n) is 4.01. The highest BCUT2D eigenvalue weighted by Gasteiger charge is 2.23. The van der Waals surface area contributed by atoms with Crippen LogP contribution in [0.2, 0.25) is 0 Å². The highest BCUT2D eigenvalue weighted by atomic mass is 16.5. The molecule has 3 heterocycles. The summed E-state index contributed by atoms with van der Waals surface area (Å²) in [6.45, 7) is 1.12. The number of likely N-dealkylation sites (tertiary alicyclic amines) is 1. The van der Waals surface area contributed by atoms with E-state index in [0.717, 1.165) is 24.3 Å². The van der Waals surface area contributed by atoms with Crippen LogP contribution in [0.5, 0.6) is 0 Å². The molecule has 1 atom stereocenters. The van der Waals surface area contributed by atoms with Gasteiger partial charge in [-0.2, -0.15) is 0 Å². The zero-order valence-corrected chi connectivity index (χ0v) is 11.9. The van der Waals surface area contributed by atoms with Gasteiger partial charge in [0.05, 0.1) is 24.4 Å². The van der Waals surface area contributed by atoms with Crippen molar-refractivity contribution in [2.75, 3.05) is 20.7 Å². The molecule has 5 nitrogen and oxygen atoms in total. The minimum atomic E-state index is -0.327. The number of carbonyl (C=O) groups is 1. The van der Waals surface area contributed by atoms with Crippen molar-refractivity contribution < 1.29 is 9.53 Å². The normalized spacial score (nSPS) is 20.2. The highest BCUT2D eigenvalue weighted by molar-refractivity contribution is 5.90. The number of rotatable bonds is 2. The molecule has 1 aliphatic heterocycles. The van der Waals surface area contributed by atoms with Gasteiger partial charge in [-0.15, -0.1) is 0 Å². The van der Waals surface area contributed by atoms with Crippen LogP contribution in [0, 0.1) is 0 Å². The minimum Gasteiger partial charge on any atom is -0.465 e. The minimum absolute atomic E-state index is 0.327. The number of nitrogens with zero attached hydrogens (tertiary/aromatic N) is 3. The van der Waals surface area contributed by atoms with Crippen LogP contribution < -0.4 is 0 Å². The first-order valence-electron chi connectivity index (χ1n) is 6.96. The van der Waals surface area contributed by atoms with E-state index < -0.39 is 0 Å². The molecule has 0 spiro atoms. The number of ether oxygens (including phenoxy) is 1. The molecule has 0 amide bonds. The molecule has 1 aliphatic rings. The van der Waals surface area contributed by atoms with Gasteiger partial charge in [-0.3, -0.25) is 4.90 Å². The summed E-state index contributed by atoms with van der Waals surface area (Å²) in [6, 6.07) is 3.91. The fourth-order valence-electron chi connectivity index (χ4n) is 2.86. The number of aromatic nitrogens is 2. The van der Waals surface area contributed by atoms with Crippen molar-refractivity contribution in [1.82, 2.24) is 14.3 Å². The highest BCUT2D eigenvalue weighted by Crippen LogP contribution is 2.29. The van der Waals surface area contributed by atoms with Gasteiger partial charge in [0, 0.05) is 12.4 Å². The maximum atomic E-state index is 11.6. The van der Waals surface area contributed by atoms with Crippen molar-refractivity contribution in [3.05, 3.63) is 35.8 Å². The summed E-state index contributed by atoms with van der Waals surface area (Å²) < 4.78 is 6.70. The molecule has 0 radical (unpaired) electrons. The summed E-state index contributed by atoms with van der Waals surface area (Å²) in [6.07, 6.45) is 7.57. The molecular formula is C15H19N3O2. The SMILES string of the molecule is COC(=O)c1ccn2cc(C3CCCCN3C)nc2c1. The predicted molar refractivity (Wildman–Crippen MR) is 75.8 cm³/mol. The standard InChI is InChI=1S/C15H19N3O2/c1-17-7-4-3-5-13(17)12-10-18-8-6-11(15(19)20-2)9-14(18)16-12/h6,8-10,13H,3-5,7H2,1-2H3.